The number of hydrogen-bond donors (Lipinski definition) is 1. The molecule has 8 heteroatoms. The Hall–Kier alpha value is -2.45. The molecule has 3 heterocycles. The minimum Gasteiger partial charge on any atom is -0.411 e. The lowest BCUT2D eigenvalue weighted by atomic mass is 10.2. The zero-order valence-electron chi connectivity index (χ0n) is 14.4. The fourth-order valence-corrected chi connectivity index (χ4v) is 4.40. The third kappa shape index (κ3) is 3.06. The van der Waals surface area contributed by atoms with E-state index in [2.05, 4.69) is 20.2 Å². The van der Waals surface area contributed by atoms with E-state index in [0.29, 0.717) is 22.3 Å². The molecule has 1 N–H and O–H groups in total. The molecule has 0 aliphatic rings. The van der Waals surface area contributed by atoms with Gasteiger partial charge in [0, 0.05) is 10.4 Å². The van der Waals surface area contributed by atoms with Gasteiger partial charge >= 0.3 is 0 Å². The van der Waals surface area contributed by atoms with Gasteiger partial charge in [0.2, 0.25) is 5.89 Å². The van der Waals surface area contributed by atoms with E-state index in [9.17, 15) is 4.79 Å². The minimum atomic E-state index is -0.126. The maximum Gasteiger partial charge on any atom is 0.277 e. The molecule has 26 heavy (non-hydrogen) atoms. The Bertz CT molecular complexity index is 1130. The van der Waals surface area contributed by atoms with Crippen LogP contribution in [0.25, 0.3) is 21.7 Å². The summed E-state index contributed by atoms with van der Waals surface area (Å²) >= 11 is 2.91. The van der Waals surface area contributed by atoms with Crippen molar-refractivity contribution in [3.05, 3.63) is 57.0 Å². The second-order valence-corrected chi connectivity index (χ2v) is 8.41. The number of aromatic amines is 1. The second kappa shape index (κ2) is 6.69. The number of aryl methyl sites for hydroxylation is 2. The lowest BCUT2D eigenvalue weighted by Gasteiger charge is -2.07. The predicted octanol–water partition coefficient (Wildman–Crippen LogP) is 4.50. The van der Waals surface area contributed by atoms with Crippen molar-refractivity contribution in [3.63, 3.8) is 0 Å². The number of aromatic nitrogens is 4. The molecule has 3 aromatic heterocycles. The van der Waals surface area contributed by atoms with E-state index in [1.807, 2.05) is 51.1 Å². The first-order valence-corrected chi connectivity index (χ1v) is 9.78. The highest BCUT2D eigenvalue weighted by Gasteiger charge is 2.19. The van der Waals surface area contributed by atoms with Crippen molar-refractivity contribution < 1.29 is 4.42 Å². The molecule has 0 fully saturated rings. The van der Waals surface area contributed by atoms with Crippen LogP contribution in [-0.2, 0) is 0 Å². The monoisotopic (exact) mass is 384 g/mol. The van der Waals surface area contributed by atoms with Gasteiger partial charge in [0.15, 0.2) is 0 Å². The Morgan fingerprint density at radius 2 is 1.96 bits per heavy atom. The summed E-state index contributed by atoms with van der Waals surface area (Å²) < 4.78 is 5.73. The lowest BCUT2D eigenvalue weighted by Crippen LogP contribution is -2.12. The van der Waals surface area contributed by atoms with E-state index in [0.717, 1.165) is 20.8 Å². The first kappa shape index (κ1) is 17.0. The normalized spacial score (nSPS) is 12.6. The van der Waals surface area contributed by atoms with Crippen LogP contribution in [0.5, 0.6) is 0 Å². The molecule has 0 bridgehead atoms. The number of hydrogen-bond acceptors (Lipinski definition) is 7. The van der Waals surface area contributed by atoms with Crippen LogP contribution in [0, 0.1) is 13.8 Å². The molecule has 6 nitrogen and oxygen atoms in total. The number of H-pyrrole nitrogens is 1. The van der Waals surface area contributed by atoms with E-state index < -0.39 is 0 Å². The van der Waals surface area contributed by atoms with Crippen LogP contribution < -0.4 is 5.56 Å². The molecule has 0 aliphatic heterocycles. The standard InChI is InChI=1S/C18H16N4O2S2/c1-9-10(2)25-17-13(9)15(23)19-14(20-17)11(3)26-18-22-21-16(24-18)12-7-5-4-6-8-12/h4-8,11H,1-3H3,(H,19,20,23). The summed E-state index contributed by atoms with van der Waals surface area (Å²) in [7, 11) is 0. The molecule has 4 aromatic rings. The van der Waals surface area contributed by atoms with Crippen molar-refractivity contribution >= 4 is 33.3 Å². The van der Waals surface area contributed by atoms with Gasteiger partial charge in [-0.2, -0.15) is 0 Å². The van der Waals surface area contributed by atoms with E-state index >= 15 is 0 Å². The van der Waals surface area contributed by atoms with Crippen LogP contribution in [0.2, 0.25) is 0 Å². The molecule has 0 spiro atoms. The Morgan fingerprint density at radius 1 is 1.19 bits per heavy atom. The van der Waals surface area contributed by atoms with Crippen LogP contribution in [0.1, 0.15) is 28.4 Å². The van der Waals surface area contributed by atoms with Gasteiger partial charge in [0.05, 0.1) is 10.6 Å². The molecule has 0 radical (unpaired) electrons. The largest absolute Gasteiger partial charge is 0.411 e. The first-order valence-electron chi connectivity index (χ1n) is 8.08. The number of thiophene rings is 1. The Kier molecular flexibility index (Phi) is 4.37. The van der Waals surface area contributed by atoms with Crippen molar-refractivity contribution in [2.45, 2.75) is 31.2 Å². The topological polar surface area (TPSA) is 84.7 Å². The van der Waals surface area contributed by atoms with Gasteiger partial charge < -0.3 is 9.40 Å². The van der Waals surface area contributed by atoms with E-state index in [4.69, 9.17) is 4.42 Å². The fraction of sp³-hybridized carbons (Fsp3) is 0.222. The Balaban J connectivity index is 1.61. The van der Waals surface area contributed by atoms with Crippen LogP contribution in [0.4, 0.5) is 0 Å². The summed E-state index contributed by atoms with van der Waals surface area (Å²) in [5.74, 6) is 1.08. The number of nitrogens with one attached hydrogen (secondary N) is 1. The maximum absolute atomic E-state index is 12.4. The fourth-order valence-electron chi connectivity index (χ4n) is 2.63. The molecular weight excluding hydrogens is 368 g/mol. The van der Waals surface area contributed by atoms with Crippen LogP contribution in [0.15, 0.2) is 44.8 Å². The predicted molar refractivity (Wildman–Crippen MR) is 104 cm³/mol. The van der Waals surface area contributed by atoms with Crippen LogP contribution in [-0.4, -0.2) is 20.2 Å². The van der Waals surface area contributed by atoms with Crippen molar-refractivity contribution in [1.29, 1.82) is 0 Å². The Labute approximate surface area is 157 Å². The number of fused-ring (bicyclic) bond motifs is 1. The summed E-state index contributed by atoms with van der Waals surface area (Å²) in [6.07, 6.45) is 0. The highest BCUT2D eigenvalue weighted by atomic mass is 32.2. The lowest BCUT2D eigenvalue weighted by molar-refractivity contribution is 0.465. The van der Waals surface area contributed by atoms with Gasteiger partial charge in [-0.25, -0.2) is 4.98 Å². The average Bonchev–Trinajstić information content (AvgIpc) is 3.21. The van der Waals surface area contributed by atoms with Crippen LogP contribution >= 0.6 is 23.1 Å². The highest BCUT2D eigenvalue weighted by Crippen LogP contribution is 2.34. The summed E-state index contributed by atoms with van der Waals surface area (Å²) in [6.45, 7) is 5.91. The van der Waals surface area contributed by atoms with Gasteiger partial charge in [-0.15, -0.1) is 21.5 Å². The molecule has 0 aliphatic carbocycles. The smallest absolute Gasteiger partial charge is 0.277 e. The van der Waals surface area contributed by atoms with Crippen LogP contribution in [0.3, 0.4) is 0 Å². The van der Waals surface area contributed by atoms with Gasteiger partial charge in [0.1, 0.15) is 10.7 Å². The molecule has 1 unspecified atom stereocenters. The molecule has 132 valence electrons. The van der Waals surface area contributed by atoms with E-state index in [1.54, 1.807) is 11.3 Å². The van der Waals surface area contributed by atoms with Crippen molar-refractivity contribution in [1.82, 2.24) is 20.2 Å². The zero-order valence-corrected chi connectivity index (χ0v) is 16.1. The number of rotatable bonds is 4. The third-order valence-corrected chi connectivity index (χ3v) is 6.19. The van der Waals surface area contributed by atoms with Crippen molar-refractivity contribution in [2.24, 2.45) is 0 Å². The van der Waals surface area contributed by atoms with Gasteiger partial charge in [-0.3, -0.25) is 4.79 Å². The molecule has 0 amide bonds. The van der Waals surface area contributed by atoms with Gasteiger partial charge in [-0.1, -0.05) is 30.0 Å². The summed E-state index contributed by atoms with van der Waals surface area (Å²) in [6, 6.07) is 9.61. The first-order chi connectivity index (χ1) is 12.5. The van der Waals surface area contributed by atoms with E-state index in [-0.39, 0.29) is 10.8 Å². The number of nitrogens with zero attached hydrogens (tertiary/aromatic N) is 3. The quantitative estimate of drug-likeness (QED) is 0.521. The molecule has 1 aromatic carbocycles. The number of benzene rings is 1. The maximum atomic E-state index is 12.4. The average molecular weight is 384 g/mol. The minimum absolute atomic E-state index is 0.102. The van der Waals surface area contributed by atoms with Crippen molar-refractivity contribution in [2.75, 3.05) is 0 Å². The second-order valence-electron chi connectivity index (χ2n) is 5.91. The third-order valence-electron chi connectivity index (χ3n) is 4.15. The van der Waals surface area contributed by atoms with Gasteiger partial charge in [0.25, 0.3) is 10.8 Å². The molecule has 4 rings (SSSR count). The zero-order chi connectivity index (χ0) is 18.3. The molecule has 0 saturated carbocycles. The highest BCUT2D eigenvalue weighted by molar-refractivity contribution is 7.99. The SMILES string of the molecule is Cc1sc2nc(C(C)Sc3nnc(-c4ccccc4)o3)[nH]c(=O)c2c1C. The summed E-state index contributed by atoms with van der Waals surface area (Å²) in [5.41, 5.74) is 1.77. The summed E-state index contributed by atoms with van der Waals surface area (Å²) in [5, 5.41) is 9.17. The summed E-state index contributed by atoms with van der Waals surface area (Å²) in [4.78, 5) is 21.8. The van der Waals surface area contributed by atoms with E-state index in [1.165, 1.54) is 11.8 Å². The number of thioether (sulfide) groups is 1. The molecular formula is C18H16N4O2S2. The van der Waals surface area contributed by atoms with Crippen molar-refractivity contribution in [3.8, 4) is 11.5 Å². The molecule has 1 atom stereocenters. The molecule has 0 saturated heterocycles. The Morgan fingerprint density at radius 3 is 2.73 bits per heavy atom. The van der Waals surface area contributed by atoms with Gasteiger partial charge in [-0.05, 0) is 38.5 Å².